The second-order valence-electron chi connectivity index (χ2n) is 6.25. The Morgan fingerprint density at radius 2 is 1.95 bits per heavy atom. The fourth-order valence-corrected chi connectivity index (χ4v) is 3.56. The molecule has 2 N–H and O–H groups in total. The Labute approximate surface area is 127 Å². The molecule has 4 nitrogen and oxygen atoms in total. The number of aliphatic hydroxyl groups excluding tert-OH is 1. The largest absolute Gasteiger partial charge is 0.395 e. The van der Waals surface area contributed by atoms with Crippen LogP contribution in [0.1, 0.15) is 38.3 Å². The Morgan fingerprint density at radius 3 is 2.52 bits per heavy atom. The van der Waals surface area contributed by atoms with Gasteiger partial charge in [-0.05, 0) is 30.0 Å². The second kappa shape index (κ2) is 6.97. The number of hydrogen-bond donors (Lipinski definition) is 2. The van der Waals surface area contributed by atoms with E-state index in [1.165, 1.54) is 0 Å². The molecule has 0 aliphatic carbocycles. The Hall–Kier alpha value is -1.51. The Balaban J connectivity index is 3.06. The highest BCUT2D eigenvalue weighted by Crippen LogP contribution is 2.21. The highest BCUT2D eigenvalue weighted by molar-refractivity contribution is 7.92. The molecule has 0 bridgehead atoms. The zero-order chi connectivity index (χ0) is 16.1. The van der Waals surface area contributed by atoms with Crippen molar-refractivity contribution in [3.8, 4) is 11.8 Å². The topological polar surface area (TPSA) is 66.4 Å². The maximum Gasteiger partial charge on any atom is 0.233 e. The highest BCUT2D eigenvalue weighted by Gasteiger charge is 2.22. The molecule has 0 unspecified atom stereocenters. The normalized spacial score (nSPS) is 11.7. The van der Waals surface area contributed by atoms with Crippen LogP contribution in [0.2, 0.25) is 0 Å². The molecule has 0 aromatic heterocycles. The number of hydrogen-bond acceptors (Lipinski definition) is 3. The summed E-state index contributed by atoms with van der Waals surface area (Å²) < 4.78 is 27.0. The minimum absolute atomic E-state index is 0.0100. The molecule has 1 aromatic rings. The third-order valence-electron chi connectivity index (χ3n) is 2.52. The molecule has 0 saturated heterocycles. The maximum atomic E-state index is 12.2. The van der Waals surface area contributed by atoms with Crippen LogP contribution in [0, 0.1) is 24.2 Å². The van der Waals surface area contributed by atoms with E-state index in [-0.39, 0.29) is 17.8 Å². The number of sulfonamides is 1. The first-order valence-electron chi connectivity index (χ1n) is 6.84. The van der Waals surface area contributed by atoms with Gasteiger partial charge in [-0.3, -0.25) is 4.72 Å². The number of nitrogens with one attached hydrogen (secondary N) is 1. The maximum absolute atomic E-state index is 12.2. The predicted molar refractivity (Wildman–Crippen MR) is 86.6 cm³/mol. The van der Waals surface area contributed by atoms with Crippen LogP contribution in [-0.2, 0) is 10.0 Å². The molecule has 0 aliphatic rings. The SMILES string of the molecule is Cc1ccc(NS(=O)(=O)CC(C)(C)C)c(C#CCCO)c1. The summed E-state index contributed by atoms with van der Waals surface area (Å²) >= 11 is 0. The summed E-state index contributed by atoms with van der Waals surface area (Å²) in [5.41, 5.74) is 1.79. The van der Waals surface area contributed by atoms with Crippen molar-refractivity contribution in [3.05, 3.63) is 29.3 Å². The highest BCUT2D eigenvalue weighted by atomic mass is 32.2. The third kappa shape index (κ3) is 6.65. The fourth-order valence-electron chi connectivity index (χ4n) is 1.84. The van der Waals surface area contributed by atoms with Gasteiger partial charge in [-0.1, -0.05) is 38.7 Å². The lowest BCUT2D eigenvalue weighted by atomic mass is 10.0. The third-order valence-corrected chi connectivity index (χ3v) is 4.30. The molecule has 1 aromatic carbocycles. The quantitative estimate of drug-likeness (QED) is 0.840. The van der Waals surface area contributed by atoms with Crippen LogP contribution in [0.25, 0.3) is 0 Å². The lowest BCUT2D eigenvalue weighted by Crippen LogP contribution is -2.26. The van der Waals surface area contributed by atoms with E-state index in [2.05, 4.69) is 16.6 Å². The van der Waals surface area contributed by atoms with Crippen LogP contribution in [0.15, 0.2) is 18.2 Å². The summed E-state index contributed by atoms with van der Waals surface area (Å²) in [6, 6.07) is 5.39. The summed E-state index contributed by atoms with van der Waals surface area (Å²) in [7, 11) is -3.43. The summed E-state index contributed by atoms with van der Waals surface area (Å²) in [5, 5.41) is 8.77. The molecule has 0 saturated carbocycles. The van der Waals surface area contributed by atoms with Crippen molar-refractivity contribution in [1.29, 1.82) is 0 Å². The van der Waals surface area contributed by atoms with Crippen LogP contribution >= 0.6 is 0 Å². The zero-order valence-corrected chi connectivity index (χ0v) is 13.8. The van der Waals surface area contributed by atoms with Crippen molar-refractivity contribution in [2.75, 3.05) is 17.1 Å². The minimum Gasteiger partial charge on any atom is -0.395 e. The van der Waals surface area contributed by atoms with Gasteiger partial charge in [-0.25, -0.2) is 8.42 Å². The molecule has 0 fully saturated rings. The standard InChI is InChI=1S/C16H23NO3S/c1-13-8-9-15(14(11-13)7-5-6-10-18)17-21(19,20)12-16(2,3)4/h8-9,11,17-18H,6,10,12H2,1-4H3. The van der Waals surface area contributed by atoms with E-state index in [1.54, 1.807) is 6.07 Å². The van der Waals surface area contributed by atoms with Gasteiger partial charge in [0.1, 0.15) is 0 Å². The van der Waals surface area contributed by atoms with Gasteiger partial charge in [-0.2, -0.15) is 0 Å². The number of benzene rings is 1. The lowest BCUT2D eigenvalue weighted by Gasteiger charge is -2.19. The van der Waals surface area contributed by atoms with Crippen LogP contribution in [0.5, 0.6) is 0 Å². The summed E-state index contributed by atoms with van der Waals surface area (Å²) in [6.45, 7) is 7.55. The van der Waals surface area contributed by atoms with Crippen molar-refractivity contribution >= 4 is 15.7 Å². The Morgan fingerprint density at radius 1 is 1.29 bits per heavy atom. The zero-order valence-electron chi connectivity index (χ0n) is 13.0. The molecule has 116 valence electrons. The molecule has 0 amide bonds. The number of aliphatic hydroxyl groups is 1. The molecule has 0 aliphatic heterocycles. The van der Waals surface area contributed by atoms with E-state index in [1.807, 2.05) is 39.8 Å². The number of rotatable bonds is 4. The van der Waals surface area contributed by atoms with Gasteiger partial charge in [0.2, 0.25) is 10.0 Å². The minimum atomic E-state index is -3.43. The second-order valence-corrected chi connectivity index (χ2v) is 7.97. The van der Waals surface area contributed by atoms with Crippen LogP contribution < -0.4 is 4.72 Å². The van der Waals surface area contributed by atoms with E-state index in [9.17, 15) is 8.42 Å². The van der Waals surface area contributed by atoms with E-state index in [4.69, 9.17) is 5.11 Å². The molecule has 0 atom stereocenters. The first-order chi connectivity index (χ1) is 9.63. The summed E-state index contributed by atoms with van der Waals surface area (Å²) in [5.74, 6) is 5.76. The summed E-state index contributed by atoms with van der Waals surface area (Å²) in [6.07, 6.45) is 0.363. The monoisotopic (exact) mass is 309 g/mol. The average Bonchev–Trinajstić information content (AvgIpc) is 2.29. The van der Waals surface area contributed by atoms with Crippen LogP contribution in [-0.4, -0.2) is 25.9 Å². The van der Waals surface area contributed by atoms with Crippen molar-refractivity contribution in [3.63, 3.8) is 0 Å². The van der Waals surface area contributed by atoms with Crippen LogP contribution in [0.4, 0.5) is 5.69 Å². The predicted octanol–water partition coefficient (Wildman–Crippen LogP) is 2.52. The Kier molecular flexibility index (Phi) is 5.82. The lowest BCUT2D eigenvalue weighted by molar-refractivity contribution is 0.305. The van der Waals surface area contributed by atoms with Crippen molar-refractivity contribution in [1.82, 2.24) is 0 Å². The Bertz CT molecular complexity index is 646. The number of anilines is 1. The van der Waals surface area contributed by atoms with Gasteiger partial charge >= 0.3 is 0 Å². The van der Waals surface area contributed by atoms with Crippen LogP contribution in [0.3, 0.4) is 0 Å². The van der Waals surface area contributed by atoms with E-state index < -0.39 is 10.0 Å². The van der Waals surface area contributed by atoms with E-state index in [0.717, 1.165) is 5.56 Å². The number of aryl methyl sites for hydroxylation is 1. The van der Waals surface area contributed by atoms with E-state index >= 15 is 0 Å². The molecule has 1 rings (SSSR count). The van der Waals surface area contributed by atoms with Crippen molar-refractivity contribution in [2.24, 2.45) is 5.41 Å². The van der Waals surface area contributed by atoms with Gasteiger partial charge in [0.05, 0.1) is 18.0 Å². The van der Waals surface area contributed by atoms with Gasteiger partial charge < -0.3 is 5.11 Å². The van der Waals surface area contributed by atoms with E-state index in [0.29, 0.717) is 17.7 Å². The fraction of sp³-hybridized carbons (Fsp3) is 0.500. The van der Waals surface area contributed by atoms with Crippen molar-refractivity contribution < 1.29 is 13.5 Å². The van der Waals surface area contributed by atoms with Gasteiger partial charge in [0, 0.05) is 12.0 Å². The molecular weight excluding hydrogens is 286 g/mol. The van der Waals surface area contributed by atoms with Gasteiger partial charge in [0.15, 0.2) is 0 Å². The van der Waals surface area contributed by atoms with Crippen molar-refractivity contribution in [2.45, 2.75) is 34.1 Å². The summed E-state index contributed by atoms with van der Waals surface area (Å²) in [4.78, 5) is 0. The molecule has 0 heterocycles. The molecular formula is C16H23NO3S. The molecule has 21 heavy (non-hydrogen) atoms. The molecule has 0 spiro atoms. The first-order valence-corrected chi connectivity index (χ1v) is 8.49. The van der Waals surface area contributed by atoms with Gasteiger partial charge in [0.25, 0.3) is 0 Å². The van der Waals surface area contributed by atoms with Gasteiger partial charge in [-0.15, -0.1) is 0 Å². The molecule has 5 heteroatoms. The average molecular weight is 309 g/mol. The first kappa shape index (κ1) is 17.5. The molecule has 0 radical (unpaired) electrons. The smallest absolute Gasteiger partial charge is 0.233 e.